The van der Waals surface area contributed by atoms with Gasteiger partial charge in [-0.05, 0) is 61.4 Å². The van der Waals surface area contributed by atoms with E-state index in [1.165, 1.54) is 0 Å². The molecule has 2 atom stereocenters. The van der Waals surface area contributed by atoms with Crippen LogP contribution in [0.25, 0.3) is 0 Å². The lowest BCUT2D eigenvalue weighted by Gasteiger charge is -2.34. The van der Waals surface area contributed by atoms with Crippen LogP contribution in [0, 0.1) is 13.8 Å². The number of amides is 1. The van der Waals surface area contributed by atoms with E-state index in [0.29, 0.717) is 5.02 Å². The quantitative estimate of drug-likeness (QED) is 0.603. The van der Waals surface area contributed by atoms with Crippen molar-refractivity contribution in [2.75, 3.05) is 17.9 Å². The Bertz CT molecular complexity index is 1050. The highest BCUT2D eigenvalue weighted by atomic mass is 35.5. The largest absolute Gasteiger partial charge is 0.497 e. The van der Waals surface area contributed by atoms with Crippen LogP contribution >= 0.6 is 23.4 Å². The fraction of sp³-hybridized carbons (Fsp3) is 0.227. The Morgan fingerprint density at radius 3 is 2.62 bits per heavy atom. The van der Waals surface area contributed by atoms with E-state index in [1.807, 2.05) is 67.1 Å². The molecule has 29 heavy (non-hydrogen) atoms. The van der Waals surface area contributed by atoms with Gasteiger partial charge in [-0.2, -0.15) is 0 Å². The highest BCUT2D eigenvalue weighted by molar-refractivity contribution is 8.00. The third-order valence-electron chi connectivity index (χ3n) is 5.05. The SMILES string of the molecule is COc1ccc([C@H]2Nn3c(C)ccc3S[C@@H]2C(=O)Nc2cc(Cl)ccc2C)cc1. The van der Waals surface area contributed by atoms with Crippen LogP contribution in [-0.2, 0) is 4.79 Å². The minimum absolute atomic E-state index is 0.0706. The first-order valence-corrected chi connectivity index (χ1v) is 10.5. The molecule has 5 nitrogen and oxygen atoms in total. The molecule has 1 aliphatic rings. The summed E-state index contributed by atoms with van der Waals surface area (Å²) in [5.74, 6) is 0.712. The van der Waals surface area contributed by atoms with Gasteiger partial charge in [-0.15, -0.1) is 0 Å². The first-order valence-electron chi connectivity index (χ1n) is 9.29. The Kier molecular flexibility index (Phi) is 5.48. The van der Waals surface area contributed by atoms with Gasteiger partial charge in [0, 0.05) is 16.4 Å². The van der Waals surface area contributed by atoms with Crippen LogP contribution in [-0.4, -0.2) is 22.9 Å². The molecule has 0 radical (unpaired) electrons. The van der Waals surface area contributed by atoms with Crippen molar-refractivity contribution in [2.24, 2.45) is 0 Å². The highest BCUT2D eigenvalue weighted by Gasteiger charge is 2.36. The zero-order valence-corrected chi connectivity index (χ0v) is 18.0. The zero-order valence-electron chi connectivity index (χ0n) is 16.4. The van der Waals surface area contributed by atoms with Crippen LogP contribution < -0.4 is 15.5 Å². The molecule has 7 heteroatoms. The number of carbonyl (C=O) groups is 1. The first-order chi connectivity index (χ1) is 14.0. The molecule has 4 rings (SSSR count). The number of thioether (sulfide) groups is 1. The lowest BCUT2D eigenvalue weighted by molar-refractivity contribution is -0.116. The number of rotatable bonds is 4. The third kappa shape index (κ3) is 3.95. The number of halogens is 1. The van der Waals surface area contributed by atoms with Gasteiger partial charge in [-0.25, -0.2) is 0 Å². The lowest BCUT2D eigenvalue weighted by atomic mass is 10.0. The first kappa shape index (κ1) is 19.7. The average molecular weight is 428 g/mol. The predicted octanol–water partition coefficient (Wildman–Crippen LogP) is 5.16. The van der Waals surface area contributed by atoms with Crippen molar-refractivity contribution in [3.63, 3.8) is 0 Å². The van der Waals surface area contributed by atoms with Crippen molar-refractivity contribution in [2.45, 2.75) is 30.2 Å². The standard InChI is InChI=1S/C22H22ClN3O2S/c1-13-4-8-16(23)12-18(13)24-22(27)21-20(15-6-9-17(28-3)10-7-15)25-26-14(2)5-11-19(26)29-21/h4-12,20-21,25H,1-3H3,(H,24,27)/t20-,21+/m1/s1. The smallest absolute Gasteiger partial charge is 0.240 e. The number of hydrogen-bond donors (Lipinski definition) is 2. The molecule has 1 aliphatic heterocycles. The van der Waals surface area contributed by atoms with Gasteiger partial charge < -0.3 is 15.5 Å². The third-order valence-corrected chi connectivity index (χ3v) is 6.59. The van der Waals surface area contributed by atoms with Crippen LogP contribution in [0.1, 0.15) is 22.9 Å². The highest BCUT2D eigenvalue weighted by Crippen LogP contribution is 2.39. The molecule has 2 heterocycles. The second kappa shape index (κ2) is 8.05. The molecule has 0 unspecified atom stereocenters. The Balaban J connectivity index is 1.67. The minimum Gasteiger partial charge on any atom is -0.497 e. The number of carbonyl (C=O) groups excluding carboxylic acids is 1. The summed E-state index contributed by atoms with van der Waals surface area (Å²) in [6.45, 7) is 3.99. The molecule has 0 spiro atoms. The lowest BCUT2D eigenvalue weighted by Crippen LogP contribution is -2.41. The maximum absolute atomic E-state index is 13.3. The van der Waals surface area contributed by atoms with Gasteiger partial charge in [0.25, 0.3) is 0 Å². The van der Waals surface area contributed by atoms with Crippen molar-refractivity contribution >= 4 is 35.0 Å². The van der Waals surface area contributed by atoms with Crippen LogP contribution in [0.15, 0.2) is 59.6 Å². The Labute approximate surface area is 179 Å². The number of fused-ring (bicyclic) bond motifs is 1. The Morgan fingerprint density at radius 1 is 1.14 bits per heavy atom. The van der Waals surface area contributed by atoms with E-state index >= 15 is 0 Å². The van der Waals surface area contributed by atoms with Crippen LogP contribution in [0.5, 0.6) is 5.75 Å². The van der Waals surface area contributed by atoms with E-state index < -0.39 is 0 Å². The molecule has 0 bridgehead atoms. The maximum Gasteiger partial charge on any atom is 0.240 e. The molecule has 2 aromatic carbocycles. The molecule has 150 valence electrons. The second-order valence-corrected chi connectivity index (χ2v) is 8.61. The molecule has 0 saturated heterocycles. The van der Waals surface area contributed by atoms with Crippen molar-refractivity contribution in [1.29, 1.82) is 0 Å². The fourth-order valence-electron chi connectivity index (χ4n) is 3.38. The summed E-state index contributed by atoms with van der Waals surface area (Å²) in [5.41, 5.74) is 7.32. The summed E-state index contributed by atoms with van der Waals surface area (Å²) in [5, 5.41) is 4.31. The van der Waals surface area contributed by atoms with E-state index in [0.717, 1.165) is 33.3 Å². The fourth-order valence-corrected chi connectivity index (χ4v) is 4.78. The molecule has 2 N–H and O–H groups in total. The van der Waals surface area contributed by atoms with Crippen LogP contribution in [0.2, 0.25) is 5.02 Å². The second-order valence-electron chi connectivity index (χ2n) is 7.02. The number of aromatic nitrogens is 1. The molecule has 0 saturated carbocycles. The minimum atomic E-state index is -0.358. The molecule has 1 aromatic heterocycles. The molecule has 1 amide bonds. The number of nitrogens with one attached hydrogen (secondary N) is 2. The van der Waals surface area contributed by atoms with Gasteiger partial charge in [-0.3, -0.25) is 9.47 Å². The molecule has 3 aromatic rings. The zero-order chi connectivity index (χ0) is 20.5. The summed E-state index contributed by atoms with van der Waals surface area (Å²) < 4.78 is 7.31. The van der Waals surface area contributed by atoms with E-state index in [1.54, 1.807) is 24.9 Å². The summed E-state index contributed by atoms with van der Waals surface area (Å²) in [4.78, 5) is 13.3. The van der Waals surface area contributed by atoms with Crippen molar-refractivity contribution in [3.8, 4) is 5.75 Å². The Hall–Kier alpha value is -2.57. The van der Waals surface area contributed by atoms with Crippen LogP contribution in [0.3, 0.4) is 0 Å². The topological polar surface area (TPSA) is 55.3 Å². The van der Waals surface area contributed by atoms with Gasteiger partial charge >= 0.3 is 0 Å². The van der Waals surface area contributed by atoms with Gasteiger partial charge in [0.05, 0.1) is 18.2 Å². The molecule has 0 aliphatic carbocycles. The van der Waals surface area contributed by atoms with Crippen molar-refractivity contribution in [3.05, 3.63) is 76.4 Å². The Morgan fingerprint density at radius 2 is 1.90 bits per heavy atom. The number of hydrogen-bond acceptors (Lipinski definition) is 4. The average Bonchev–Trinajstić information content (AvgIpc) is 3.10. The van der Waals surface area contributed by atoms with E-state index in [2.05, 4.69) is 10.7 Å². The monoisotopic (exact) mass is 427 g/mol. The summed E-state index contributed by atoms with van der Waals surface area (Å²) in [6, 6.07) is 17.2. The number of anilines is 1. The van der Waals surface area contributed by atoms with Gasteiger partial charge in [0.15, 0.2) is 0 Å². The molecular formula is C22H22ClN3O2S. The number of benzene rings is 2. The predicted molar refractivity (Wildman–Crippen MR) is 119 cm³/mol. The van der Waals surface area contributed by atoms with Gasteiger partial charge in [-0.1, -0.05) is 41.6 Å². The van der Waals surface area contributed by atoms with E-state index in [4.69, 9.17) is 16.3 Å². The molecule has 0 fully saturated rings. The van der Waals surface area contributed by atoms with Gasteiger partial charge in [0.1, 0.15) is 11.0 Å². The summed E-state index contributed by atoms with van der Waals surface area (Å²) >= 11 is 7.68. The number of nitrogens with zero attached hydrogens (tertiary/aromatic N) is 1. The van der Waals surface area contributed by atoms with Crippen molar-refractivity contribution in [1.82, 2.24) is 4.68 Å². The number of ether oxygens (including phenoxy) is 1. The van der Waals surface area contributed by atoms with E-state index in [-0.39, 0.29) is 17.2 Å². The molecular weight excluding hydrogens is 406 g/mol. The maximum atomic E-state index is 13.3. The normalized spacial score (nSPS) is 17.9. The van der Waals surface area contributed by atoms with Crippen molar-refractivity contribution < 1.29 is 9.53 Å². The summed E-state index contributed by atoms with van der Waals surface area (Å²) in [7, 11) is 1.64. The number of aryl methyl sites for hydroxylation is 2. The number of methoxy groups -OCH3 is 1. The summed E-state index contributed by atoms with van der Waals surface area (Å²) in [6.07, 6.45) is 0. The van der Waals surface area contributed by atoms with E-state index in [9.17, 15) is 4.79 Å². The van der Waals surface area contributed by atoms with Crippen LogP contribution in [0.4, 0.5) is 5.69 Å². The van der Waals surface area contributed by atoms with Gasteiger partial charge in [0.2, 0.25) is 5.91 Å².